The van der Waals surface area contributed by atoms with Crippen molar-refractivity contribution in [2.45, 2.75) is 20.3 Å². The summed E-state index contributed by atoms with van der Waals surface area (Å²) in [7, 11) is 2.68. The first kappa shape index (κ1) is 25.0. The van der Waals surface area contributed by atoms with E-state index < -0.39 is 11.9 Å². The Hall–Kier alpha value is -2.97. The number of hydrogen-bond acceptors (Lipinski definition) is 5. The summed E-state index contributed by atoms with van der Waals surface area (Å²) in [6.07, 6.45) is 5.97. The quantitative estimate of drug-likeness (QED) is 0.277. The summed E-state index contributed by atoms with van der Waals surface area (Å²) >= 11 is 0. The molecule has 0 amide bonds. The summed E-state index contributed by atoms with van der Waals surface area (Å²) in [6.45, 7) is 9.63. The van der Waals surface area contributed by atoms with Gasteiger partial charge in [-0.15, -0.1) is 13.2 Å². The summed E-state index contributed by atoms with van der Waals surface area (Å²) in [5, 5.41) is 9.22. The largest absolute Gasteiger partial charge is 0.468 e. The number of ketones is 1. The van der Waals surface area contributed by atoms with Gasteiger partial charge < -0.3 is 9.47 Å². The highest BCUT2D eigenvalue weighted by Gasteiger charge is 2.27. The molecule has 0 heterocycles. The van der Waals surface area contributed by atoms with E-state index in [2.05, 4.69) is 19.2 Å². The minimum absolute atomic E-state index is 0.131. The van der Waals surface area contributed by atoms with Gasteiger partial charge in [-0.1, -0.05) is 42.5 Å². The van der Waals surface area contributed by atoms with E-state index in [1.165, 1.54) is 14.2 Å². The second-order valence-corrected chi connectivity index (χ2v) is 5.87. The third kappa shape index (κ3) is 7.73. The highest BCUT2D eigenvalue weighted by atomic mass is 16.5. The van der Waals surface area contributed by atoms with Crippen molar-refractivity contribution in [3.63, 3.8) is 0 Å². The summed E-state index contributed by atoms with van der Waals surface area (Å²) in [5.74, 6) is -2.01. The van der Waals surface area contributed by atoms with E-state index in [1.54, 1.807) is 0 Å². The predicted octanol–water partition coefficient (Wildman–Crippen LogP) is 4.16. The molecule has 0 saturated heterocycles. The maximum absolute atomic E-state index is 12.1. The van der Waals surface area contributed by atoms with Crippen LogP contribution in [0.15, 0.2) is 55.7 Å². The molecule has 0 fully saturated rings. The van der Waals surface area contributed by atoms with Crippen LogP contribution in [0.4, 0.5) is 0 Å². The number of nitrogens with zero attached hydrogens (tertiary/aromatic N) is 1. The van der Waals surface area contributed by atoms with Gasteiger partial charge in [0.15, 0.2) is 5.78 Å². The molecule has 0 N–H and O–H groups in total. The van der Waals surface area contributed by atoms with Gasteiger partial charge in [-0.05, 0) is 37.0 Å². The minimum atomic E-state index is -0.887. The number of methoxy groups -OCH3 is 2. The van der Waals surface area contributed by atoms with Crippen LogP contribution in [0.25, 0.3) is 5.57 Å². The lowest BCUT2D eigenvalue weighted by molar-refractivity contribution is -0.150. The molecule has 0 aliphatic heterocycles. The second-order valence-electron chi connectivity index (χ2n) is 5.87. The third-order valence-corrected chi connectivity index (χ3v) is 4.02. The molecule has 5 nitrogen and oxygen atoms in total. The summed E-state index contributed by atoms with van der Waals surface area (Å²) in [4.78, 5) is 24.0. The fraction of sp³-hybridized carbons (Fsp3) is 0.348. The lowest BCUT2D eigenvalue weighted by Crippen LogP contribution is -2.30. The molecule has 0 radical (unpaired) electrons. The van der Waals surface area contributed by atoms with E-state index in [0.29, 0.717) is 0 Å². The molecule has 0 saturated carbocycles. The molecular weight excluding hydrogens is 354 g/mol. The van der Waals surface area contributed by atoms with Crippen LogP contribution in [0.1, 0.15) is 25.0 Å². The van der Waals surface area contributed by atoms with E-state index in [4.69, 9.17) is 9.47 Å². The van der Waals surface area contributed by atoms with Crippen molar-refractivity contribution in [2.24, 2.45) is 11.8 Å². The SMILES string of the molecule is C/C=C\C=C(\c1ccc(CC(C(=O)COC)C(=O)OC)cc1)C(C)C#N.C=C. The number of carbonyl (C=O) groups excluding carboxylic acids is 2. The average Bonchev–Trinajstić information content (AvgIpc) is 2.73. The molecular formula is C23H29NO4. The molecule has 0 spiro atoms. The van der Waals surface area contributed by atoms with Crippen LogP contribution in [-0.4, -0.2) is 32.6 Å². The van der Waals surface area contributed by atoms with Crippen LogP contribution in [0.2, 0.25) is 0 Å². The highest BCUT2D eigenvalue weighted by Crippen LogP contribution is 2.24. The molecule has 2 unspecified atom stereocenters. The zero-order valence-corrected chi connectivity index (χ0v) is 17.1. The molecule has 0 aliphatic rings. The first-order valence-corrected chi connectivity index (χ1v) is 8.89. The first-order valence-electron chi connectivity index (χ1n) is 8.89. The predicted molar refractivity (Wildman–Crippen MR) is 111 cm³/mol. The second kappa shape index (κ2) is 14.1. The molecule has 150 valence electrons. The summed E-state index contributed by atoms with van der Waals surface area (Å²) < 4.78 is 9.58. The highest BCUT2D eigenvalue weighted by molar-refractivity contribution is 5.99. The van der Waals surface area contributed by atoms with E-state index in [9.17, 15) is 14.9 Å². The molecule has 1 aromatic rings. The topological polar surface area (TPSA) is 76.4 Å². The van der Waals surface area contributed by atoms with Crippen LogP contribution in [0.5, 0.6) is 0 Å². The Morgan fingerprint density at radius 3 is 2.29 bits per heavy atom. The number of esters is 1. The summed E-state index contributed by atoms with van der Waals surface area (Å²) in [5.41, 5.74) is 2.68. The smallest absolute Gasteiger partial charge is 0.316 e. The van der Waals surface area contributed by atoms with Crippen molar-refractivity contribution in [1.29, 1.82) is 5.26 Å². The average molecular weight is 383 g/mol. The van der Waals surface area contributed by atoms with Crippen LogP contribution >= 0.6 is 0 Å². The fourth-order valence-electron chi connectivity index (χ4n) is 2.54. The van der Waals surface area contributed by atoms with E-state index in [-0.39, 0.29) is 24.7 Å². The molecule has 1 rings (SSSR count). The lowest BCUT2D eigenvalue weighted by atomic mass is 9.91. The van der Waals surface area contributed by atoms with Crippen molar-refractivity contribution in [3.05, 3.63) is 66.8 Å². The molecule has 5 heteroatoms. The Labute approximate surface area is 168 Å². The van der Waals surface area contributed by atoms with Crippen molar-refractivity contribution in [2.75, 3.05) is 20.8 Å². The third-order valence-electron chi connectivity index (χ3n) is 4.02. The number of benzene rings is 1. The maximum atomic E-state index is 12.1. The number of ether oxygens (including phenoxy) is 2. The Morgan fingerprint density at radius 2 is 1.82 bits per heavy atom. The van der Waals surface area contributed by atoms with E-state index >= 15 is 0 Å². The maximum Gasteiger partial charge on any atom is 0.316 e. The number of allylic oxidation sites excluding steroid dienone is 4. The monoisotopic (exact) mass is 383 g/mol. The zero-order valence-electron chi connectivity index (χ0n) is 17.1. The van der Waals surface area contributed by atoms with Gasteiger partial charge in [0.25, 0.3) is 0 Å². The van der Waals surface area contributed by atoms with Crippen LogP contribution < -0.4 is 0 Å². The standard InChI is InChI=1S/C21H25NO4.C2H4/c1-5-6-7-18(15(2)13-22)17-10-8-16(9-11-17)12-19(21(24)26-4)20(23)14-25-3;1-2/h5-11,15,19H,12,14H2,1-4H3;1-2H2/b6-5-,18-7+;. The Morgan fingerprint density at radius 1 is 1.21 bits per heavy atom. The van der Waals surface area contributed by atoms with Crippen molar-refractivity contribution >= 4 is 17.3 Å². The Balaban J connectivity index is 0.00000352. The number of hydrogen-bond donors (Lipinski definition) is 0. The molecule has 0 bridgehead atoms. The van der Waals surface area contributed by atoms with Gasteiger partial charge >= 0.3 is 5.97 Å². The molecule has 28 heavy (non-hydrogen) atoms. The van der Waals surface area contributed by atoms with Crippen LogP contribution in [-0.2, 0) is 25.5 Å². The normalized spacial score (nSPS) is 13.0. The van der Waals surface area contributed by atoms with E-state index in [0.717, 1.165) is 16.7 Å². The number of Topliss-reactive ketones (excluding diaryl/α,β-unsaturated/α-hetero) is 1. The van der Waals surface area contributed by atoms with Gasteiger partial charge in [0.1, 0.15) is 12.5 Å². The van der Waals surface area contributed by atoms with Gasteiger partial charge in [0.05, 0.1) is 19.1 Å². The molecule has 1 aromatic carbocycles. The van der Waals surface area contributed by atoms with E-state index in [1.807, 2.05) is 56.3 Å². The van der Waals surface area contributed by atoms with Gasteiger partial charge in [0, 0.05) is 7.11 Å². The van der Waals surface area contributed by atoms with Gasteiger partial charge in [-0.3, -0.25) is 9.59 Å². The Bertz CT molecular complexity index is 726. The fourth-order valence-corrected chi connectivity index (χ4v) is 2.54. The first-order chi connectivity index (χ1) is 13.5. The number of rotatable bonds is 9. The lowest BCUT2D eigenvalue weighted by Gasteiger charge is -2.14. The minimum Gasteiger partial charge on any atom is -0.468 e. The Kier molecular flexibility index (Phi) is 12.6. The van der Waals surface area contributed by atoms with Crippen LogP contribution in [0, 0.1) is 23.2 Å². The molecule has 0 aliphatic carbocycles. The van der Waals surface area contributed by atoms with Gasteiger partial charge in [0.2, 0.25) is 0 Å². The number of carbonyl (C=O) groups is 2. The van der Waals surface area contributed by atoms with Crippen molar-refractivity contribution in [1.82, 2.24) is 0 Å². The summed E-state index contributed by atoms with van der Waals surface area (Å²) in [6, 6.07) is 9.76. The molecule has 2 atom stereocenters. The number of nitriles is 1. The van der Waals surface area contributed by atoms with Crippen molar-refractivity contribution < 1.29 is 19.1 Å². The molecule has 0 aromatic heterocycles. The van der Waals surface area contributed by atoms with Crippen molar-refractivity contribution in [3.8, 4) is 6.07 Å². The zero-order chi connectivity index (χ0) is 21.5. The van der Waals surface area contributed by atoms with Gasteiger partial charge in [-0.2, -0.15) is 5.26 Å². The van der Waals surface area contributed by atoms with Gasteiger partial charge in [-0.25, -0.2) is 0 Å². The van der Waals surface area contributed by atoms with Crippen LogP contribution in [0.3, 0.4) is 0 Å².